The van der Waals surface area contributed by atoms with Gasteiger partial charge in [-0.1, -0.05) is 7.43 Å². The smallest absolute Gasteiger partial charge is 0.141 e. The number of nitrogen functional groups attached to an aromatic ring is 1. The summed E-state index contributed by atoms with van der Waals surface area (Å²) in [6, 6.07) is 0. The second-order valence-electron chi connectivity index (χ2n) is 1.13. The molecule has 1 aromatic rings. The van der Waals surface area contributed by atoms with Crippen molar-refractivity contribution in [1.82, 2.24) is 9.97 Å². The predicted molar refractivity (Wildman–Crippen MR) is 33.2 cm³/mol. The van der Waals surface area contributed by atoms with E-state index in [0.717, 1.165) is 0 Å². The van der Waals surface area contributed by atoms with Crippen molar-refractivity contribution in [2.24, 2.45) is 0 Å². The van der Waals surface area contributed by atoms with Crippen molar-refractivity contribution in [3.63, 3.8) is 0 Å². The van der Waals surface area contributed by atoms with Crippen molar-refractivity contribution in [3.8, 4) is 0 Å². The Morgan fingerprint density at radius 1 is 1.38 bits per heavy atom. The Kier molecular flexibility index (Phi) is 2.54. The normalized spacial score (nSPS) is 7.50. The van der Waals surface area contributed by atoms with Crippen molar-refractivity contribution in [1.29, 1.82) is 0 Å². The highest BCUT2D eigenvalue weighted by atomic mass is 14.9. The molecule has 0 aliphatic rings. The standard InChI is InChI=1S/C4H5N3.CH4/c5-4-3-6-1-2-7-4;/h1-3H,(H2,5,7);1H4. The first-order valence-electron chi connectivity index (χ1n) is 1.91. The molecule has 2 N–H and O–H groups in total. The second kappa shape index (κ2) is 2.96. The van der Waals surface area contributed by atoms with Crippen LogP contribution in [-0.2, 0) is 0 Å². The average Bonchev–Trinajstić information content (AvgIpc) is 1.69. The minimum atomic E-state index is 0. The first kappa shape index (κ1) is 6.88. The van der Waals surface area contributed by atoms with Crippen molar-refractivity contribution in [3.05, 3.63) is 18.6 Å². The topological polar surface area (TPSA) is 51.8 Å². The Labute approximate surface area is 48.6 Å². The third-order valence-electron chi connectivity index (χ3n) is 0.583. The molecule has 0 spiro atoms. The van der Waals surface area contributed by atoms with Crippen LogP contribution in [0, 0.1) is 0 Å². The van der Waals surface area contributed by atoms with E-state index >= 15 is 0 Å². The van der Waals surface area contributed by atoms with Crippen LogP contribution in [0.15, 0.2) is 18.6 Å². The summed E-state index contributed by atoms with van der Waals surface area (Å²) in [5, 5.41) is 0. The summed E-state index contributed by atoms with van der Waals surface area (Å²) in [7, 11) is 0. The number of anilines is 1. The van der Waals surface area contributed by atoms with Gasteiger partial charge in [-0.15, -0.1) is 0 Å². The Morgan fingerprint density at radius 2 is 2.12 bits per heavy atom. The molecule has 0 radical (unpaired) electrons. The van der Waals surface area contributed by atoms with Crippen molar-refractivity contribution in [2.45, 2.75) is 7.43 Å². The fourth-order valence-electron chi connectivity index (χ4n) is 0.311. The van der Waals surface area contributed by atoms with Gasteiger partial charge in [-0.2, -0.15) is 0 Å². The number of nitrogens with zero attached hydrogens (tertiary/aromatic N) is 2. The maximum Gasteiger partial charge on any atom is 0.141 e. The fraction of sp³-hybridized carbons (Fsp3) is 0.200. The number of rotatable bonds is 0. The van der Waals surface area contributed by atoms with Crippen LogP contribution in [-0.4, -0.2) is 9.97 Å². The molecule has 0 fully saturated rings. The number of nitrogens with two attached hydrogens (primary N) is 1. The van der Waals surface area contributed by atoms with E-state index < -0.39 is 0 Å². The molecule has 1 rings (SSSR count). The fourth-order valence-corrected chi connectivity index (χ4v) is 0.311. The van der Waals surface area contributed by atoms with Gasteiger partial charge in [-0.3, -0.25) is 4.98 Å². The Bertz CT molecular complexity index is 138. The van der Waals surface area contributed by atoms with Gasteiger partial charge in [0.2, 0.25) is 0 Å². The molecule has 0 saturated carbocycles. The molecule has 0 atom stereocenters. The summed E-state index contributed by atoms with van der Waals surface area (Å²) in [6.45, 7) is 0. The molecule has 1 aromatic heterocycles. The molecular weight excluding hydrogens is 102 g/mol. The molecule has 3 heteroatoms. The van der Waals surface area contributed by atoms with Crippen molar-refractivity contribution >= 4 is 5.82 Å². The van der Waals surface area contributed by atoms with Crippen LogP contribution in [0.5, 0.6) is 0 Å². The van der Waals surface area contributed by atoms with E-state index in [2.05, 4.69) is 9.97 Å². The largest absolute Gasteiger partial charge is 0.382 e. The minimum absolute atomic E-state index is 0. The molecule has 0 aliphatic carbocycles. The molecule has 0 bridgehead atoms. The van der Waals surface area contributed by atoms with Crippen LogP contribution in [0.3, 0.4) is 0 Å². The Morgan fingerprint density at radius 3 is 2.38 bits per heavy atom. The van der Waals surface area contributed by atoms with Crippen LogP contribution in [0.25, 0.3) is 0 Å². The minimum Gasteiger partial charge on any atom is -0.382 e. The lowest BCUT2D eigenvalue weighted by atomic mass is 10.7. The number of aromatic nitrogens is 2. The molecule has 8 heavy (non-hydrogen) atoms. The third-order valence-corrected chi connectivity index (χ3v) is 0.583. The average molecular weight is 111 g/mol. The van der Waals surface area contributed by atoms with Gasteiger partial charge in [0.15, 0.2) is 0 Å². The zero-order chi connectivity index (χ0) is 5.11. The molecule has 44 valence electrons. The molecule has 1 heterocycles. The third kappa shape index (κ3) is 1.55. The lowest BCUT2D eigenvalue weighted by Gasteiger charge is -1.82. The summed E-state index contributed by atoms with van der Waals surface area (Å²) in [5.41, 5.74) is 5.18. The van der Waals surface area contributed by atoms with Crippen LogP contribution in [0.1, 0.15) is 7.43 Å². The lowest BCUT2D eigenvalue weighted by molar-refractivity contribution is 1.21. The molecule has 0 amide bonds. The van der Waals surface area contributed by atoms with Gasteiger partial charge in [0.05, 0.1) is 6.20 Å². The molecule has 3 nitrogen and oxygen atoms in total. The summed E-state index contributed by atoms with van der Waals surface area (Å²) in [5.74, 6) is 0.461. The van der Waals surface area contributed by atoms with Crippen LogP contribution >= 0.6 is 0 Å². The van der Waals surface area contributed by atoms with E-state index in [1.165, 1.54) is 6.20 Å². The van der Waals surface area contributed by atoms with Gasteiger partial charge >= 0.3 is 0 Å². The molecule has 0 saturated heterocycles. The van der Waals surface area contributed by atoms with Crippen LogP contribution in [0.4, 0.5) is 5.82 Å². The zero-order valence-electron chi connectivity index (χ0n) is 3.70. The highest BCUT2D eigenvalue weighted by Gasteiger charge is 1.74. The molecule has 0 aliphatic heterocycles. The van der Waals surface area contributed by atoms with Gasteiger partial charge < -0.3 is 5.73 Å². The van der Waals surface area contributed by atoms with Crippen molar-refractivity contribution in [2.75, 3.05) is 5.73 Å². The second-order valence-corrected chi connectivity index (χ2v) is 1.13. The van der Waals surface area contributed by atoms with Gasteiger partial charge in [-0.05, 0) is 0 Å². The SMILES string of the molecule is C.Nc1cnccn1. The summed E-state index contributed by atoms with van der Waals surface area (Å²) in [4.78, 5) is 7.39. The van der Waals surface area contributed by atoms with E-state index in [-0.39, 0.29) is 7.43 Å². The van der Waals surface area contributed by atoms with E-state index in [1.807, 2.05) is 0 Å². The zero-order valence-corrected chi connectivity index (χ0v) is 3.70. The van der Waals surface area contributed by atoms with E-state index in [0.29, 0.717) is 5.82 Å². The maximum atomic E-state index is 5.18. The molecular formula is C5H9N3. The summed E-state index contributed by atoms with van der Waals surface area (Å²) in [6.07, 6.45) is 4.63. The first-order chi connectivity index (χ1) is 3.39. The monoisotopic (exact) mass is 111 g/mol. The van der Waals surface area contributed by atoms with Crippen molar-refractivity contribution < 1.29 is 0 Å². The Balaban J connectivity index is 0.000000490. The van der Waals surface area contributed by atoms with Gasteiger partial charge in [0, 0.05) is 12.4 Å². The number of hydrogen-bond donors (Lipinski definition) is 1. The van der Waals surface area contributed by atoms with Crippen LogP contribution in [0.2, 0.25) is 0 Å². The lowest BCUT2D eigenvalue weighted by Crippen LogP contribution is -1.87. The van der Waals surface area contributed by atoms with Gasteiger partial charge in [0.1, 0.15) is 5.82 Å². The Hall–Kier alpha value is -1.12. The molecule has 0 aromatic carbocycles. The quantitative estimate of drug-likeness (QED) is 0.536. The van der Waals surface area contributed by atoms with Crippen LogP contribution < -0.4 is 5.73 Å². The highest BCUT2D eigenvalue weighted by Crippen LogP contribution is 1.84. The first-order valence-corrected chi connectivity index (χ1v) is 1.91. The molecule has 0 unspecified atom stereocenters. The summed E-state index contributed by atoms with van der Waals surface area (Å²) >= 11 is 0. The van der Waals surface area contributed by atoms with Gasteiger partial charge in [0.25, 0.3) is 0 Å². The maximum absolute atomic E-state index is 5.18. The highest BCUT2D eigenvalue weighted by molar-refractivity contribution is 5.20. The van der Waals surface area contributed by atoms with E-state index in [4.69, 9.17) is 5.73 Å². The van der Waals surface area contributed by atoms with E-state index in [1.54, 1.807) is 12.4 Å². The number of hydrogen-bond acceptors (Lipinski definition) is 3. The predicted octanol–water partition coefficient (Wildman–Crippen LogP) is 0.695. The summed E-state index contributed by atoms with van der Waals surface area (Å²) < 4.78 is 0. The van der Waals surface area contributed by atoms with E-state index in [9.17, 15) is 0 Å². The van der Waals surface area contributed by atoms with Gasteiger partial charge in [-0.25, -0.2) is 4.98 Å².